The molecule has 0 radical (unpaired) electrons. The second-order valence-corrected chi connectivity index (χ2v) is 8.24. The highest BCUT2D eigenvalue weighted by Crippen LogP contribution is 2.31. The maximum Gasteiger partial charge on any atom is 0.123 e. The highest BCUT2D eigenvalue weighted by Gasteiger charge is 2.38. The van der Waals surface area contributed by atoms with Crippen molar-refractivity contribution in [3.63, 3.8) is 0 Å². The minimum atomic E-state index is -0.203. The first-order valence-electron chi connectivity index (χ1n) is 11.0. The summed E-state index contributed by atoms with van der Waals surface area (Å²) in [5.74, 6) is -0.203. The van der Waals surface area contributed by atoms with Crippen LogP contribution in [0.25, 0.3) is 5.69 Å². The number of nitrogens with one attached hydrogen (secondary N) is 1. The summed E-state index contributed by atoms with van der Waals surface area (Å²) in [6.07, 6.45) is 5.99. The summed E-state index contributed by atoms with van der Waals surface area (Å²) >= 11 is 0. The summed E-state index contributed by atoms with van der Waals surface area (Å²) in [6.45, 7) is 3.30. The number of hydrogen-bond acceptors (Lipinski definition) is 4. The van der Waals surface area contributed by atoms with Crippen molar-refractivity contribution in [2.24, 2.45) is 0 Å². The minimum absolute atomic E-state index is 0.134. The van der Waals surface area contributed by atoms with Crippen LogP contribution in [0.2, 0.25) is 0 Å². The van der Waals surface area contributed by atoms with Gasteiger partial charge in [0.2, 0.25) is 0 Å². The largest absolute Gasteiger partial charge is 0.382 e. The van der Waals surface area contributed by atoms with Crippen LogP contribution in [-0.2, 0) is 11.2 Å². The third-order valence-corrected chi connectivity index (χ3v) is 6.14. The van der Waals surface area contributed by atoms with E-state index in [1.807, 2.05) is 41.2 Å². The van der Waals surface area contributed by atoms with Crippen molar-refractivity contribution in [3.8, 4) is 5.69 Å². The first kappa shape index (κ1) is 21.5. The monoisotopic (exact) mass is 422 g/mol. The SMILES string of the molecule is COCC1(CCCCc2ccnn2-c2ccccc2)CNCCN1c1ccc(F)cc1. The van der Waals surface area contributed by atoms with Crippen molar-refractivity contribution in [2.75, 3.05) is 38.3 Å². The zero-order chi connectivity index (χ0) is 21.5. The van der Waals surface area contributed by atoms with Gasteiger partial charge in [-0.1, -0.05) is 24.6 Å². The van der Waals surface area contributed by atoms with Crippen molar-refractivity contribution in [3.05, 3.63) is 78.4 Å². The van der Waals surface area contributed by atoms with E-state index in [0.29, 0.717) is 6.61 Å². The Morgan fingerprint density at radius 1 is 1.03 bits per heavy atom. The average molecular weight is 423 g/mol. The lowest BCUT2D eigenvalue weighted by Crippen LogP contribution is -2.64. The van der Waals surface area contributed by atoms with E-state index in [1.165, 1.54) is 5.69 Å². The molecule has 1 aliphatic heterocycles. The molecule has 0 bridgehead atoms. The van der Waals surface area contributed by atoms with E-state index in [2.05, 4.69) is 33.5 Å². The third kappa shape index (κ3) is 4.97. The van der Waals surface area contributed by atoms with Gasteiger partial charge in [0.05, 0.1) is 17.8 Å². The zero-order valence-corrected chi connectivity index (χ0v) is 18.1. The molecule has 1 fully saturated rings. The summed E-state index contributed by atoms with van der Waals surface area (Å²) in [4.78, 5) is 2.40. The van der Waals surface area contributed by atoms with E-state index in [0.717, 1.165) is 56.7 Å². The Balaban J connectivity index is 1.43. The van der Waals surface area contributed by atoms with Gasteiger partial charge in [0.1, 0.15) is 5.82 Å². The van der Waals surface area contributed by atoms with Crippen molar-refractivity contribution in [2.45, 2.75) is 31.2 Å². The molecule has 1 aromatic heterocycles. The van der Waals surface area contributed by atoms with E-state index >= 15 is 0 Å². The van der Waals surface area contributed by atoms with Gasteiger partial charge in [-0.15, -0.1) is 0 Å². The predicted octanol–water partition coefficient (Wildman–Crippen LogP) is 4.22. The smallest absolute Gasteiger partial charge is 0.123 e. The van der Waals surface area contributed by atoms with E-state index < -0.39 is 0 Å². The first-order valence-corrected chi connectivity index (χ1v) is 11.0. The van der Waals surface area contributed by atoms with E-state index in [9.17, 15) is 4.39 Å². The standard InChI is InChI=1S/C25H31FN4O/c1-31-20-25(19-27-17-18-29(25)22-12-10-21(26)11-13-22)15-6-5-9-24-14-16-28-30(24)23-7-3-2-4-8-23/h2-4,7-8,10-14,16,27H,5-6,9,15,17-20H2,1H3. The first-order chi connectivity index (χ1) is 15.2. The Morgan fingerprint density at radius 3 is 2.61 bits per heavy atom. The maximum atomic E-state index is 13.5. The quantitative estimate of drug-likeness (QED) is 0.525. The molecule has 0 aliphatic carbocycles. The van der Waals surface area contributed by atoms with Gasteiger partial charge in [-0.05, 0) is 61.7 Å². The van der Waals surface area contributed by atoms with Gasteiger partial charge < -0.3 is 15.0 Å². The van der Waals surface area contributed by atoms with Gasteiger partial charge in [-0.3, -0.25) is 0 Å². The number of anilines is 1. The van der Waals surface area contributed by atoms with Crippen molar-refractivity contribution in [1.82, 2.24) is 15.1 Å². The molecule has 1 saturated heterocycles. The summed E-state index contributed by atoms with van der Waals surface area (Å²) < 4.78 is 21.2. The highest BCUT2D eigenvalue weighted by molar-refractivity contribution is 5.50. The molecule has 4 rings (SSSR count). The van der Waals surface area contributed by atoms with Crippen LogP contribution >= 0.6 is 0 Å². The Bertz CT molecular complexity index is 940. The lowest BCUT2D eigenvalue weighted by molar-refractivity contribution is 0.110. The number of hydrogen-bond donors (Lipinski definition) is 1. The van der Waals surface area contributed by atoms with Crippen LogP contribution in [0, 0.1) is 5.82 Å². The molecule has 31 heavy (non-hydrogen) atoms. The van der Waals surface area contributed by atoms with Crippen LogP contribution in [0.5, 0.6) is 0 Å². The fourth-order valence-electron chi connectivity index (χ4n) is 4.64. The van der Waals surface area contributed by atoms with Crippen LogP contribution in [0.15, 0.2) is 66.9 Å². The number of aromatic nitrogens is 2. The van der Waals surface area contributed by atoms with Crippen LogP contribution < -0.4 is 10.2 Å². The number of nitrogens with zero attached hydrogens (tertiary/aromatic N) is 3. The number of para-hydroxylation sites is 1. The second-order valence-electron chi connectivity index (χ2n) is 8.24. The molecule has 3 aromatic rings. The molecule has 6 heteroatoms. The van der Waals surface area contributed by atoms with Crippen LogP contribution in [-0.4, -0.2) is 48.7 Å². The Hall–Kier alpha value is -2.70. The van der Waals surface area contributed by atoms with Gasteiger partial charge in [0, 0.05) is 44.3 Å². The van der Waals surface area contributed by atoms with Gasteiger partial charge in [-0.25, -0.2) is 9.07 Å². The third-order valence-electron chi connectivity index (χ3n) is 6.14. The van der Waals surface area contributed by atoms with Gasteiger partial charge in [0.15, 0.2) is 0 Å². The number of aryl methyl sites for hydroxylation is 1. The average Bonchev–Trinajstić information content (AvgIpc) is 3.27. The fourth-order valence-corrected chi connectivity index (χ4v) is 4.64. The Kier molecular flexibility index (Phi) is 6.99. The number of ether oxygens (including phenoxy) is 1. The van der Waals surface area contributed by atoms with Gasteiger partial charge >= 0.3 is 0 Å². The van der Waals surface area contributed by atoms with E-state index in [4.69, 9.17) is 4.74 Å². The Labute approximate surface area is 183 Å². The number of unbranched alkanes of at least 4 members (excludes halogenated alkanes) is 1. The number of methoxy groups -OCH3 is 1. The zero-order valence-electron chi connectivity index (χ0n) is 18.1. The maximum absolute atomic E-state index is 13.5. The highest BCUT2D eigenvalue weighted by atomic mass is 19.1. The summed E-state index contributed by atoms with van der Waals surface area (Å²) in [5.41, 5.74) is 3.24. The number of rotatable bonds is 9. The number of halogens is 1. The van der Waals surface area contributed by atoms with Crippen molar-refractivity contribution >= 4 is 5.69 Å². The van der Waals surface area contributed by atoms with Gasteiger partial charge in [-0.2, -0.15) is 5.10 Å². The molecule has 1 N–H and O–H groups in total. The molecule has 1 unspecified atom stereocenters. The number of piperazine rings is 1. The van der Waals surface area contributed by atoms with E-state index in [1.54, 1.807) is 19.2 Å². The summed E-state index contributed by atoms with van der Waals surface area (Å²) in [7, 11) is 1.76. The minimum Gasteiger partial charge on any atom is -0.382 e. The molecular weight excluding hydrogens is 391 g/mol. The van der Waals surface area contributed by atoms with Crippen LogP contribution in [0.3, 0.4) is 0 Å². The second kappa shape index (κ2) is 10.1. The lowest BCUT2D eigenvalue weighted by atomic mass is 9.88. The molecule has 0 spiro atoms. The lowest BCUT2D eigenvalue weighted by Gasteiger charge is -2.49. The fraction of sp³-hybridized carbons (Fsp3) is 0.400. The molecule has 164 valence electrons. The van der Waals surface area contributed by atoms with Crippen LogP contribution in [0.1, 0.15) is 25.0 Å². The number of benzene rings is 2. The molecular formula is C25H31FN4O. The topological polar surface area (TPSA) is 42.3 Å². The normalized spacial score (nSPS) is 19.0. The van der Waals surface area contributed by atoms with Gasteiger partial charge in [0.25, 0.3) is 0 Å². The molecule has 5 nitrogen and oxygen atoms in total. The molecule has 0 saturated carbocycles. The van der Waals surface area contributed by atoms with Crippen molar-refractivity contribution < 1.29 is 9.13 Å². The molecule has 1 atom stereocenters. The molecule has 2 aromatic carbocycles. The Morgan fingerprint density at radius 2 is 1.84 bits per heavy atom. The van der Waals surface area contributed by atoms with Crippen LogP contribution in [0.4, 0.5) is 10.1 Å². The molecule has 0 amide bonds. The van der Waals surface area contributed by atoms with E-state index in [-0.39, 0.29) is 11.4 Å². The molecule has 1 aliphatic rings. The van der Waals surface area contributed by atoms with Crippen molar-refractivity contribution in [1.29, 1.82) is 0 Å². The predicted molar refractivity (Wildman–Crippen MR) is 122 cm³/mol. The molecule has 2 heterocycles. The summed E-state index contributed by atoms with van der Waals surface area (Å²) in [5, 5.41) is 8.05. The summed E-state index contributed by atoms with van der Waals surface area (Å²) in [6, 6.07) is 19.2.